The Balaban J connectivity index is 1.18. The number of benzene rings is 8. The van der Waals surface area contributed by atoms with Crippen LogP contribution in [0.2, 0.25) is 0 Å². The second kappa shape index (κ2) is 37.5. The summed E-state index contributed by atoms with van der Waals surface area (Å²) in [4.78, 5) is 42.0. The third-order valence-corrected chi connectivity index (χ3v) is 14.7. The zero-order valence-corrected chi connectivity index (χ0v) is 52.9. The van der Waals surface area contributed by atoms with Gasteiger partial charge in [0.05, 0.1) is 154 Å². The topological polar surface area (TPSA) is 245 Å². The second-order valence-corrected chi connectivity index (χ2v) is 20.9. The van der Waals surface area contributed by atoms with Crippen molar-refractivity contribution < 1.29 is 75.8 Å². The van der Waals surface area contributed by atoms with E-state index in [1.165, 1.54) is 0 Å². The summed E-state index contributed by atoms with van der Waals surface area (Å²) in [6.07, 6.45) is 0. The van der Waals surface area contributed by atoms with Crippen molar-refractivity contribution >= 4 is 86.7 Å². The highest BCUT2D eigenvalue weighted by molar-refractivity contribution is 6.09. The molecule has 0 atom stereocenters. The number of ether oxygens (including phenoxy) is 16. The van der Waals surface area contributed by atoms with E-state index in [0.29, 0.717) is 199 Å². The Morgan fingerprint density at radius 1 is 0.228 bits per heavy atom. The van der Waals surface area contributed by atoms with Gasteiger partial charge in [0.1, 0.15) is 49.4 Å². The van der Waals surface area contributed by atoms with Crippen LogP contribution in [-0.4, -0.2) is 207 Å². The zero-order chi connectivity index (χ0) is 64.0. The Morgan fingerprint density at radius 2 is 0.424 bits per heavy atom. The molecule has 8 bridgehead atoms. The van der Waals surface area contributed by atoms with E-state index in [1.807, 2.05) is 121 Å². The Labute approximate surface area is 532 Å². The van der Waals surface area contributed by atoms with Crippen molar-refractivity contribution in [1.29, 1.82) is 0 Å². The molecule has 492 valence electrons. The lowest BCUT2D eigenvalue weighted by molar-refractivity contribution is 0.0181. The molecule has 92 heavy (non-hydrogen) atoms. The van der Waals surface area contributed by atoms with Gasteiger partial charge in [-0.15, -0.1) is 0 Å². The van der Waals surface area contributed by atoms with Crippen molar-refractivity contribution in [3.8, 4) is 23.0 Å². The maximum absolute atomic E-state index is 14.7. The average Bonchev–Trinajstić information content (AvgIpc) is 0.844. The molecular formula is C70H84N4O18. The highest BCUT2D eigenvalue weighted by Gasteiger charge is 2.13. The molecule has 22 heteroatoms. The van der Waals surface area contributed by atoms with Gasteiger partial charge in [0.2, 0.25) is 0 Å². The molecule has 9 rings (SSSR count). The molecule has 9 aromatic rings. The highest BCUT2D eigenvalue weighted by atomic mass is 16.6. The van der Waals surface area contributed by atoms with Crippen LogP contribution in [0.15, 0.2) is 131 Å². The van der Waals surface area contributed by atoms with Gasteiger partial charge < -0.3 is 95.7 Å². The monoisotopic (exact) mass is 1270 g/mol. The predicted octanol–water partition coefficient (Wildman–Crippen LogP) is 9.99. The largest absolute Gasteiger partial charge is 0.491 e. The van der Waals surface area contributed by atoms with Gasteiger partial charge in [-0.05, 0) is 119 Å². The van der Waals surface area contributed by atoms with Gasteiger partial charge in [-0.1, -0.05) is 24.3 Å². The van der Waals surface area contributed by atoms with E-state index >= 15 is 0 Å². The van der Waals surface area contributed by atoms with Crippen LogP contribution in [0.5, 0.6) is 23.0 Å². The standard InChI is InChI=1S/C70H84N4O18/c1-77-21-25-81-29-33-85-37-41-89-65-17-13-61-57-45-49(5-9-53(57)65)50-6-10-54-58(46-50)63(15-19-66(54)90-42-38-86-34-30-82-26-22-78-2)73-70(76)74-64-16-20-68(92-44-40-88-36-32-84-28-24-80-4)56-12-8-52(48-60(56)64)51-7-11-55-59(47-51)62(72-69(75)71-61)14-18-67(55)91-43-39-87-35-31-83-27-23-79-3/h5-20,45-48H,21-44H2,1-4H3,(H2,71,72,75)(H2,73,74,76). The number of nitrogens with one attached hydrogen (secondary N) is 4. The number of hydrogen-bond acceptors (Lipinski definition) is 18. The quantitative estimate of drug-likeness (QED) is 0.0261. The summed E-state index contributed by atoms with van der Waals surface area (Å²) in [5.74, 6) is 2.38. The van der Waals surface area contributed by atoms with Crippen LogP contribution >= 0.6 is 0 Å². The lowest BCUT2D eigenvalue weighted by Crippen LogP contribution is -2.12. The molecular weight excluding hydrogens is 1180 g/mol. The summed E-state index contributed by atoms with van der Waals surface area (Å²) in [6.45, 7) is 9.61. The van der Waals surface area contributed by atoms with Crippen molar-refractivity contribution in [2.45, 2.75) is 0 Å². The summed E-state index contributed by atoms with van der Waals surface area (Å²) in [5, 5.41) is 9.12. The third kappa shape index (κ3) is 20.0. The first-order valence-electron chi connectivity index (χ1n) is 30.9. The maximum atomic E-state index is 14.7. The molecule has 8 aromatic carbocycles. The first kappa shape index (κ1) is 68.4. The highest BCUT2D eigenvalue weighted by Crippen LogP contribution is 2.36. The predicted molar refractivity (Wildman–Crippen MR) is 357 cm³/mol. The van der Waals surface area contributed by atoms with Crippen LogP contribution in [0, 0.1) is 0 Å². The van der Waals surface area contributed by atoms with Gasteiger partial charge in [0.15, 0.2) is 0 Å². The van der Waals surface area contributed by atoms with Crippen LogP contribution in [0.4, 0.5) is 0 Å². The number of aromatic nitrogens is 4. The minimum absolute atomic E-state index is 0.264. The molecule has 22 nitrogen and oxygen atoms in total. The maximum Gasteiger partial charge on any atom is 0.323 e. The molecule has 0 spiro atoms. The molecule has 0 unspecified atom stereocenters. The van der Waals surface area contributed by atoms with Crippen LogP contribution in [0.1, 0.15) is 0 Å². The molecule has 1 heterocycles. The molecule has 1 aromatic heterocycles. The molecule has 4 N–H and O–H groups in total. The zero-order valence-electron chi connectivity index (χ0n) is 52.9. The molecule has 0 saturated carbocycles. The number of rotatable bonds is 40. The van der Waals surface area contributed by atoms with Gasteiger partial charge in [0.25, 0.3) is 0 Å². The normalized spacial score (nSPS) is 11.6. The molecule has 0 radical (unpaired) electrons. The summed E-state index contributed by atoms with van der Waals surface area (Å²) >= 11 is 0. The lowest BCUT2D eigenvalue weighted by Gasteiger charge is -2.13. The first-order valence-corrected chi connectivity index (χ1v) is 30.9. The number of hydrogen-bond donors (Lipinski definition) is 4. The molecule has 0 aliphatic heterocycles. The van der Waals surface area contributed by atoms with Gasteiger partial charge in [-0.3, -0.25) is 0 Å². The Hall–Kier alpha value is -7.94. The number of methoxy groups -OCH3 is 4. The van der Waals surface area contributed by atoms with E-state index in [1.54, 1.807) is 28.4 Å². The van der Waals surface area contributed by atoms with Crippen molar-refractivity contribution in [1.82, 2.24) is 19.9 Å². The van der Waals surface area contributed by atoms with Gasteiger partial charge in [-0.2, -0.15) is 0 Å². The van der Waals surface area contributed by atoms with E-state index in [0.717, 1.165) is 43.1 Å². The molecule has 0 amide bonds. The van der Waals surface area contributed by atoms with Crippen molar-refractivity contribution in [2.75, 3.05) is 187 Å². The van der Waals surface area contributed by atoms with E-state index in [2.05, 4.69) is 19.9 Å². The summed E-state index contributed by atoms with van der Waals surface area (Å²) in [6, 6.07) is 38.6. The number of H-pyrrole nitrogens is 4. The van der Waals surface area contributed by atoms with E-state index in [-0.39, 0.29) is 26.4 Å². The van der Waals surface area contributed by atoms with Crippen LogP contribution < -0.4 is 30.3 Å². The SMILES string of the molecule is COCCOCCOCCOc1ccc2[nH]c(=O)[nH]c3ccc(OCCOCCOCCOC)c4ccc(cc34)c3ccc4c(OCCOCCOCCOC)ccc([nH]c(=O)[nH]c5ccc(OCCOCCOCCOC)c6ccc(cc56)c5ccc1c2c5)c4c3. The molecule has 0 aliphatic rings. The third-order valence-electron chi connectivity index (χ3n) is 14.7. The van der Waals surface area contributed by atoms with Crippen molar-refractivity contribution in [3.63, 3.8) is 0 Å². The molecule has 0 fully saturated rings. The number of aromatic amines is 4. The van der Waals surface area contributed by atoms with Crippen LogP contribution in [0.3, 0.4) is 0 Å². The Kier molecular flexibility index (Phi) is 27.9. The lowest BCUT2D eigenvalue weighted by atomic mass is 10.0. The van der Waals surface area contributed by atoms with E-state index < -0.39 is 11.4 Å². The fourth-order valence-electron chi connectivity index (χ4n) is 10.2. The van der Waals surface area contributed by atoms with Crippen molar-refractivity contribution in [3.05, 3.63) is 142 Å². The Bertz CT molecular complexity index is 3570. The summed E-state index contributed by atoms with van der Waals surface area (Å²) in [7, 11) is 6.52. The summed E-state index contributed by atoms with van der Waals surface area (Å²) in [5.41, 5.74) is 1.14. The first-order chi connectivity index (χ1) is 45.3. The minimum Gasteiger partial charge on any atom is -0.491 e. The smallest absolute Gasteiger partial charge is 0.323 e. The second-order valence-electron chi connectivity index (χ2n) is 20.9. The van der Waals surface area contributed by atoms with Gasteiger partial charge >= 0.3 is 11.4 Å². The minimum atomic E-state index is -0.482. The van der Waals surface area contributed by atoms with Gasteiger partial charge in [-0.25, -0.2) is 9.59 Å². The fraction of sp³-hybridized carbons (Fsp3) is 0.400. The van der Waals surface area contributed by atoms with Crippen LogP contribution in [-0.2, 0) is 56.8 Å². The van der Waals surface area contributed by atoms with E-state index in [9.17, 15) is 9.59 Å². The summed E-state index contributed by atoms with van der Waals surface area (Å²) < 4.78 is 91.2. The van der Waals surface area contributed by atoms with E-state index in [4.69, 9.17) is 75.8 Å². The van der Waals surface area contributed by atoms with Gasteiger partial charge in [0, 0.05) is 71.5 Å². The van der Waals surface area contributed by atoms with Crippen LogP contribution in [0.25, 0.3) is 86.7 Å². The number of fused-ring (bicyclic) bond motifs is 6. The Morgan fingerprint density at radius 3 is 0.630 bits per heavy atom. The van der Waals surface area contributed by atoms with Crippen molar-refractivity contribution in [2.24, 2.45) is 0 Å². The average molecular weight is 1270 g/mol. The fourth-order valence-corrected chi connectivity index (χ4v) is 10.2. The molecule has 0 aliphatic carbocycles. The molecule has 0 saturated heterocycles.